The third kappa shape index (κ3) is 2.69. The van der Waals surface area contributed by atoms with Crippen molar-refractivity contribution in [2.45, 2.75) is 13.0 Å². The molecule has 3 rings (SSSR count). The average molecular weight is 291 g/mol. The summed E-state index contributed by atoms with van der Waals surface area (Å²) in [7, 11) is 1.86. The fourth-order valence-electron chi connectivity index (χ4n) is 2.15. The summed E-state index contributed by atoms with van der Waals surface area (Å²) in [5.74, 6) is 0.836. The Morgan fingerprint density at radius 2 is 2.20 bits per heavy atom. The molecule has 0 amide bonds. The van der Waals surface area contributed by atoms with Crippen LogP contribution in [0.15, 0.2) is 35.0 Å². The molecule has 0 atom stereocenters. The molecule has 6 heteroatoms. The topological polar surface area (TPSA) is 55.9 Å². The Morgan fingerprint density at radius 1 is 1.35 bits per heavy atom. The number of hydrogen-bond acceptors (Lipinski definition) is 4. The summed E-state index contributed by atoms with van der Waals surface area (Å²) in [5.41, 5.74) is 1.82. The lowest BCUT2D eigenvalue weighted by Crippen LogP contribution is -2.17. The molecular formula is C14H15ClN4O. The van der Waals surface area contributed by atoms with Crippen LogP contribution in [-0.4, -0.2) is 21.3 Å². The van der Waals surface area contributed by atoms with Crippen LogP contribution in [0.2, 0.25) is 5.22 Å². The Labute approximate surface area is 121 Å². The van der Waals surface area contributed by atoms with Crippen molar-refractivity contribution in [3.05, 3.63) is 47.2 Å². The van der Waals surface area contributed by atoms with Gasteiger partial charge in [-0.25, -0.2) is 4.98 Å². The number of aromatic nitrogens is 3. The van der Waals surface area contributed by atoms with E-state index in [0.29, 0.717) is 11.8 Å². The molecule has 0 fully saturated rings. The first-order chi connectivity index (χ1) is 9.74. The number of rotatable bonds is 5. The fourth-order valence-corrected chi connectivity index (χ4v) is 2.40. The SMILES string of the molecule is Cn1cnc(CCNCc2c(Cl)oc3ccccc23)n1. The summed E-state index contributed by atoms with van der Waals surface area (Å²) in [4.78, 5) is 4.19. The maximum atomic E-state index is 6.13. The van der Waals surface area contributed by atoms with Gasteiger partial charge in [0.15, 0.2) is 11.0 Å². The lowest BCUT2D eigenvalue weighted by molar-refractivity contribution is 0.602. The maximum Gasteiger partial charge on any atom is 0.199 e. The van der Waals surface area contributed by atoms with Crippen molar-refractivity contribution in [2.75, 3.05) is 6.54 Å². The third-order valence-electron chi connectivity index (χ3n) is 3.12. The second-order valence-electron chi connectivity index (χ2n) is 4.61. The summed E-state index contributed by atoms with van der Waals surface area (Å²) < 4.78 is 7.22. The van der Waals surface area contributed by atoms with Gasteiger partial charge in [0.2, 0.25) is 0 Å². The number of para-hydroxylation sites is 1. The van der Waals surface area contributed by atoms with Crippen LogP contribution < -0.4 is 5.32 Å². The van der Waals surface area contributed by atoms with Gasteiger partial charge < -0.3 is 9.73 Å². The van der Waals surface area contributed by atoms with Gasteiger partial charge in [0.25, 0.3) is 0 Å². The summed E-state index contributed by atoms with van der Waals surface area (Å²) in [6.07, 6.45) is 2.49. The van der Waals surface area contributed by atoms with Crippen LogP contribution in [0.4, 0.5) is 0 Å². The standard InChI is InChI=1S/C14H15ClN4O/c1-19-9-17-13(18-19)6-7-16-8-11-10-4-2-3-5-12(10)20-14(11)15/h2-5,9,16H,6-8H2,1H3. The van der Waals surface area contributed by atoms with Crippen molar-refractivity contribution in [2.24, 2.45) is 7.05 Å². The Bertz CT molecular complexity index is 719. The number of hydrogen-bond donors (Lipinski definition) is 1. The minimum absolute atomic E-state index is 0.453. The van der Waals surface area contributed by atoms with Gasteiger partial charge in [-0.3, -0.25) is 4.68 Å². The van der Waals surface area contributed by atoms with E-state index in [9.17, 15) is 0 Å². The van der Waals surface area contributed by atoms with Crippen LogP contribution >= 0.6 is 11.6 Å². The number of fused-ring (bicyclic) bond motifs is 1. The molecule has 1 aromatic carbocycles. The second-order valence-corrected chi connectivity index (χ2v) is 4.96. The molecule has 0 radical (unpaired) electrons. The molecule has 0 aliphatic heterocycles. The monoisotopic (exact) mass is 290 g/mol. The van der Waals surface area contributed by atoms with Gasteiger partial charge in [0.1, 0.15) is 11.9 Å². The second kappa shape index (κ2) is 5.64. The molecule has 0 aliphatic rings. The van der Waals surface area contributed by atoms with Crippen LogP contribution in [0, 0.1) is 0 Å². The van der Waals surface area contributed by atoms with Gasteiger partial charge in [-0.1, -0.05) is 18.2 Å². The summed E-state index contributed by atoms with van der Waals surface area (Å²) in [6, 6.07) is 7.85. The lowest BCUT2D eigenvalue weighted by atomic mass is 10.2. The normalized spacial score (nSPS) is 11.3. The van der Waals surface area contributed by atoms with E-state index in [1.165, 1.54) is 0 Å². The maximum absolute atomic E-state index is 6.13. The van der Waals surface area contributed by atoms with E-state index in [2.05, 4.69) is 15.4 Å². The van der Waals surface area contributed by atoms with Crippen LogP contribution in [-0.2, 0) is 20.0 Å². The molecule has 0 saturated carbocycles. The molecule has 3 aromatic rings. The molecule has 0 unspecified atom stereocenters. The first-order valence-electron chi connectivity index (χ1n) is 6.45. The molecular weight excluding hydrogens is 276 g/mol. The Balaban J connectivity index is 1.61. The van der Waals surface area contributed by atoms with Crippen molar-refractivity contribution in [1.82, 2.24) is 20.1 Å². The first kappa shape index (κ1) is 13.1. The van der Waals surface area contributed by atoms with Crippen LogP contribution in [0.25, 0.3) is 11.0 Å². The summed E-state index contributed by atoms with van der Waals surface area (Å²) in [5, 5.41) is 9.09. The molecule has 20 heavy (non-hydrogen) atoms. The lowest BCUT2D eigenvalue weighted by Gasteiger charge is -2.02. The number of nitrogens with one attached hydrogen (secondary N) is 1. The van der Waals surface area contributed by atoms with Gasteiger partial charge >= 0.3 is 0 Å². The van der Waals surface area contributed by atoms with Gasteiger partial charge in [-0.2, -0.15) is 5.10 Å². The smallest absolute Gasteiger partial charge is 0.199 e. The highest BCUT2D eigenvalue weighted by molar-refractivity contribution is 6.30. The van der Waals surface area contributed by atoms with E-state index in [1.54, 1.807) is 11.0 Å². The van der Waals surface area contributed by atoms with Crippen molar-refractivity contribution in [1.29, 1.82) is 0 Å². The molecule has 0 aliphatic carbocycles. The predicted octanol–water partition coefficient (Wildman–Crippen LogP) is 2.55. The van der Waals surface area contributed by atoms with Crippen LogP contribution in [0.3, 0.4) is 0 Å². The number of aryl methyl sites for hydroxylation is 1. The predicted molar refractivity (Wildman–Crippen MR) is 77.6 cm³/mol. The molecule has 5 nitrogen and oxygen atoms in total. The zero-order valence-corrected chi connectivity index (χ0v) is 11.9. The number of benzene rings is 1. The number of nitrogens with zero attached hydrogens (tertiary/aromatic N) is 3. The molecule has 0 spiro atoms. The van der Waals surface area contributed by atoms with Gasteiger partial charge in [-0.15, -0.1) is 0 Å². The highest BCUT2D eigenvalue weighted by Gasteiger charge is 2.11. The third-order valence-corrected chi connectivity index (χ3v) is 3.43. The fraction of sp³-hybridized carbons (Fsp3) is 0.286. The Kier molecular flexibility index (Phi) is 3.71. The Morgan fingerprint density at radius 3 is 3.00 bits per heavy atom. The van der Waals surface area contributed by atoms with Crippen molar-refractivity contribution in [3.63, 3.8) is 0 Å². The highest BCUT2D eigenvalue weighted by Crippen LogP contribution is 2.29. The van der Waals surface area contributed by atoms with Crippen molar-refractivity contribution in [3.8, 4) is 0 Å². The van der Waals surface area contributed by atoms with Gasteiger partial charge in [0.05, 0.1) is 0 Å². The molecule has 2 heterocycles. The van der Waals surface area contributed by atoms with E-state index in [0.717, 1.165) is 35.3 Å². The molecule has 0 bridgehead atoms. The minimum Gasteiger partial charge on any atom is -0.444 e. The number of halogens is 1. The molecule has 0 saturated heterocycles. The Hall–Kier alpha value is -1.85. The summed E-state index contributed by atoms with van der Waals surface area (Å²) >= 11 is 6.13. The molecule has 2 aromatic heterocycles. The zero-order chi connectivity index (χ0) is 13.9. The summed E-state index contributed by atoms with van der Waals surface area (Å²) in [6.45, 7) is 1.46. The van der Waals surface area contributed by atoms with E-state index >= 15 is 0 Å². The first-order valence-corrected chi connectivity index (χ1v) is 6.83. The van der Waals surface area contributed by atoms with E-state index < -0.39 is 0 Å². The largest absolute Gasteiger partial charge is 0.444 e. The van der Waals surface area contributed by atoms with Crippen molar-refractivity contribution >= 4 is 22.6 Å². The van der Waals surface area contributed by atoms with E-state index in [1.807, 2.05) is 31.3 Å². The minimum atomic E-state index is 0.453. The van der Waals surface area contributed by atoms with Gasteiger partial charge in [-0.05, 0) is 17.7 Å². The molecule has 104 valence electrons. The van der Waals surface area contributed by atoms with E-state index in [4.69, 9.17) is 16.0 Å². The van der Waals surface area contributed by atoms with Crippen LogP contribution in [0.5, 0.6) is 0 Å². The highest BCUT2D eigenvalue weighted by atomic mass is 35.5. The average Bonchev–Trinajstić information content (AvgIpc) is 2.98. The van der Waals surface area contributed by atoms with Crippen molar-refractivity contribution < 1.29 is 4.42 Å². The zero-order valence-electron chi connectivity index (χ0n) is 11.1. The molecule has 1 N–H and O–H groups in total. The van der Waals surface area contributed by atoms with Gasteiger partial charge in [0, 0.05) is 37.5 Å². The van der Waals surface area contributed by atoms with Crippen LogP contribution in [0.1, 0.15) is 11.4 Å². The van der Waals surface area contributed by atoms with E-state index in [-0.39, 0.29) is 0 Å². The quantitative estimate of drug-likeness (QED) is 0.734. The number of furan rings is 1.